The molecule has 0 spiro atoms. The van der Waals surface area contributed by atoms with E-state index in [-0.39, 0.29) is 31.9 Å². The molecule has 6 nitrogen and oxygen atoms in total. The number of esters is 1. The van der Waals surface area contributed by atoms with E-state index in [0.29, 0.717) is 37.1 Å². The molecule has 9 heteroatoms. The van der Waals surface area contributed by atoms with E-state index in [1.54, 1.807) is 41.4 Å². The number of amides is 1. The molecule has 1 aliphatic rings. The van der Waals surface area contributed by atoms with Crippen LogP contribution in [0.2, 0.25) is 0 Å². The zero-order valence-corrected chi connectivity index (χ0v) is 18.1. The van der Waals surface area contributed by atoms with Gasteiger partial charge in [0.2, 0.25) is 5.91 Å². The Balaban J connectivity index is 1.50. The third-order valence-electron chi connectivity index (χ3n) is 5.43. The third kappa shape index (κ3) is 7.30. The van der Waals surface area contributed by atoms with Gasteiger partial charge in [-0.05, 0) is 43.0 Å². The van der Waals surface area contributed by atoms with Gasteiger partial charge in [0.25, 0.3) is 0 Å². The summed E-state index contributed by atoms with van der Waals surface area (Å²) in [7, 11) is 0. The average molecular weight is 464 g/mol. The van der Waals surface area contributed by atoms with Crippen LogP contribution in [0.15, 0.2) is 54.6 Å². The molecular weight excluding hydrogens is 437 g/mol. The maximum atomic E-state index is 12.9. The number of carbonyl (C=O) groups excluding carboxylic acids is 2. The molecule has 1 aliphatic heterocycles. The van der Waals surface area contributed by atoms with E-state index >= 15 is 0 Å². The van der Waals surface area contributed by atoms with E-state index in [1.807, 2.05) is 0 Å². The molecule has 178 valence electrons. The third-order valence-corrected chi connectivity index (χ3v) is 5.43. The highest BCUT2D eigenvalue weighted by Gasteiger charge is 2.30. The Bertz CT molecular complexity index is 937. The Morgan fingerprint density at radius 2 is 1.85 bits per heavy atom. The number of ether oxygens (including phenoxy) is 1. The summed E-state index contributed by atoms with van der Waals surface area (Å²) in [5, 5.41) is 13.7. The number of hydrogen-bond donors (Lipinski definition) is 1. The first kappa shape index (κ1) is 24.7. The molecule has 0 saturated carbocycles. The van der Waals surface area contributed by atoms with Gasteiger partial charge in [0, 0.05) is 19.5 Å². The minimum absolute atomic E-state index is 0.0305. The van der Waals surface area contributed by atoms with Crippen molar-refractivity contribution < 1.29 is 32.6 Å². The molecule has 1 N–H and O–H groups in total. The summed E-state index contributed by atoms with van der Waals surface area (Å²) in [6, 6.07) is 13.5. The van der Waals surface area contributed by atoms with Crippen molar-refractivity contribution in [3.8, 4) is 0 Å². The Hall–Kier alpha value is -2.91. The van der Waals surface area contributed by atoms with Crippen LogP contribution < -0.4 is 0 Å². The van der Waals surface area contributed by atoms with Gasteiger partial charge in [0.1, 0.15) is 6.61 Å². The number of aliphatic hydroxyl groups is 1. The molecule has 0 aromatic heterocycles. The fraction of sp³-hybridized carbons (Fsp3) is 0.417. The molecule has 0 aliphatic carbocycles. The minimum atomic E-state index is -4.43. The van der Waals surface area contributed by atoms with Crippen molar-refractivity contribution >= 4 is 11.9 Å². The Morgan fingerprint density at radius 1 is 1.09 bits per heavy atom. The van der Waals surface area contributed by atoms with Crippen LogP contribution in [0.1, 0.15) is 40.7 Å². The second-order valence-electron chi connectivity index (χ2n) is 7.92. The van der Waals surface area contributed by atoms with Crippen LogP contribution in [-0.4, -0.2) is 59.3 Å². The summed E-state index contributed by atoms with van der Waals surface area (Å²) in [6.07, 6.45) is -3.87. The molecule has 1 fully saturated rings. The van der Waals surface area contributed by atoms with Gasteiger partial charge in [-0.1, -0.05) is 36.4 Å². The minimum Gasteiger partial charge on any atom is -0.460 e. The monoisotopic (exact) mass is 464 g/mol. The zero-order chi connectivity index (χ0) is 23.8. The van der Waals surface area contributed by atoms with Crippen LogP contribution >= 0.6 is 0 Å². The van der Waals surface area contributed by atoms with Crippen molar-refractivity contribution in [2.24, 2.45) is 0 Å². The van der Waals surface area contributed by atoms with E-state index in [1.165, 1.54) is 11.1 Å². The first-order valence-corrected chi connectivity index (χ1v) is 10.9. The number of hydrogen-bond acceptors (Lipinski definition) is 5. The van der Waals surface area contributed by atoms with E-state index in [2.05, 4.69) is 0 Å². The van der Waals surface area contributed by atoms with Crippen LogP contribution in [-0.2, 0) is 22.1 Å². The van der Waals surface area contributed by atoms with Crippen LogP contribution in [0.5, 0.6) is 0 Å². The molecule has 1 saturated heterocycles. The maximum absolute atomic E-state index is 12.9. The van der Waals surface area contributed by atoms with Crippen molar-refractivity contribution in [3.05, 3.63) is 71.3 Å². The molecule has 1 unspecified atom stereocenters. The lowest BCUT2D eigenvalue weighted by Gasteiger charge is -2.38. The van der Waals surface area contributed by atoms with Gasteiger partial charge in [0.05, 0.1) is 23.8 Å². The lowest BCUT2D eigenvalue weighted by molar-refractivity contribution is -0.157. The van der Waals surface area contributed by atoms with Gasteiger partial charge in [0.15, 0.2) is 0 Å². The highest BCUT2D eigenvalue weighted by molar-refractivity contribution is 5.89. The quantitative estimate of drug-likeness (QED) is 0.574. The number of halogens is 3. The van der Waals surface area contributed by atoms with Crippen LogP contribution in [0.4, 0.5) is 13.2 Å². The number of nitrogens with zero attached hydrogens (tertiary/aromatic N) is 2. The van der Waals surface area contributed by atoms with Crippen LogP contribution in [0.25, 0.3) is 0 Å². The average Bonchev–Trinajstić information content (AvgIpc) is 2.79. The standard InChI is InChI=1S/C24H27F3N2O4/c25-24(26,27)20-9-4-6-18(16-20)17-21(30)11-13-28-12-5-10-22(31)29(28)14-15-33-23(32)19-7-2-1-3-8-19/h1-4,6-9,16,21,30H,5,10-15,17H2. The van der Waals surface area contributed by atoms with E-state index in [9.17, 15) is 27.9 Å². The van der Waals surface area contributed by atoms with Crippen molar-refractivity contribution in [3.63, 3.8) is 0 Å². The lowest BCUT2D eigenvalue weighted by atomic mass is 10.0. The molecule has 0 radical (unpaired) electrons. The summed E-state index contributed by atoms with van der Waals surface area (Å²) in [5.74, 6) is -0.563. The smallest absolute Gasteiger partial charge is 0.416 e. The molecule has 2 aromatic rings. The molecule has 1 amide bonds. The highest BCUT2D eigenvalue weighted by Crippen LogP contribution is 2.29. The number of rotatable bonds is 9. The summed E-state index contributed by atoms with van der Waals surface area (Å²) < 4.78 is 43.9. The first-order chi connectivity index (χ1) is 15.7. The fourth-order valence-corrected chi connectivity index (χ4v) is 3.75. The van der Waals surface area contributed by atoms with E-state index in [0.717, 1.165) is 12.1 Å². The second-order valence-corrected chi connectivity index (χ2v) is 7.92. The van der Waals surface area contributed by atoms with E-state index in [4.69, 9.17) is 4.74 Å². The summed E-state index contributed by atoms with van der Waals surface area (Å²) >= 11 is 0. The predicted molar refractivity (Wildman–Crippen MR) is 115 cm³/mol. The van der Waals surface area contributed by atoms with Crippen molar-refractivity contribution in [2.75, 3.05) is 26.2 Å². The molecule has 1 atom stereocenters. The molecule has 2 aromatic carbocycles. The SMILES string of the molecule is O=C(OCCN1C(=O)CCCN1CCC(O)Cc1cccc(C(F)(F)F)c1)c1ccccc1. The first-order valence-electron chi connectivity index (χ1n) is 10.9. The van der Waals surface area contributed by atoms with Crippen molar-refractivity contribution in [2.45, 2.75) is 38.0 Å². The predicted octanol–water partition coefficient (Wildman–Crippen LogP) is 3.70. The zero-order valence-electron chi connectivity index (χ0n) is 18.1. The summed E-state index contributed by atoms with van der Waals surface area (Å²) in [5.41, 5.74) is 0.0822. The topological polar surface area (TPSA) is 70.1 Å². The Morgan fingerprint density at radius 3 is 2.58 bits per heavy atom. The maximum Gasteiger partial charge on any atom is 0.416 e. The second kappa shape index (κ2) is 11.3. The number of benzene rings is 2. The largest absolute Gasteiger partial charge is 0.460 e. The number of alkyl halides is 3. The van der Waals surface area contributed by atoms with Crippen molar-refractivity contribution in [1.82, 2.24) is 10.0 Å². The molecule has 33 heavy (non-hydrogen) atoms. The summed E-state index contributed by atoms with van der Waals surface area (Å²) in [4.78, 5) is 24.5. The summed E-state index contributed by atoms with van der Waals surface area (Å²) in [6.45, 7) is 1.19. The van der Waals surface area contributed by atoms with Gasteiger partial charge in [-0.2, -0.15) is 13.2 Å². The number of aliphatic hydroxyl groups excluding tert-OH is 1. The van der Waals surface area contributed by atoms with Gasteiger partial charge in [-0.15, -0.1) is 0 Å². The lowest BCUT2D eigenvalue weighted by Crippen LogP contribution is -2.52. The number of carbonyl (C=O) groups is 2. The van der Waals surface area contributed by atoms with Gasteiger partial charge < -0.3 is 9.84 Å². The number of hydrazine groups is 1. The van der Waals surface area contributed by atoms with Gasteiger partial charge in [-0.3, -0.25) is 9.80 Å². The van der Waals surface area contributed by atoms with Gasteiger partial charge >= 0.3 is 12.1 Å². The highest BCUT2D eigenvalue weighted by atomic mass is 19.4. The molecular formula is C24H27F3N2O4. The molecule has 0 bridgehead atoms. The van der Waals surface area contributed by atoms with Crippen molar-refractivity contribution in [1.29, 1.82) is 0 Å². The Labute approximate surface area is 190 Å². The van der Waals surface area contributed by atoms with E-state index < -0.39 is 23.8 Å². The molecule has 3 rings (SSSR count). The normalized spacial score (nSPS) is 16.0. The molecule has 1 heterocycles. The fourth-order valence-electron chi connectivity index (χ4n) is 3.75. The van der Waals surface area contributed by atoms with Gasteiger partial charge in [-0.25, -0.2) is 9.80 Å². The Kier molecular flexibility index (Phi) is 8.46. The van der Waals surface area contributed by atoms with Crippen LogP contribution in [0.3, 0.4) is 0 Å². The van der Waals surface area contributed by atoms with Crippen LogP contribution in [0, 0.1) is 0 Å².